The van der Waals surface area contributed by atoms with Crippen molar-refractivity contribution in [2.45, 2.75) is 13.5 Å². The van der Waals surface area contributed by atoms with Crippen LogP contribution in [0.1, 0.15) is 11.3 Å². The minimum absolute atomic E-state index is 0.781. The van der Waals surface area contributed by atoms with Crippen molar-refractivity contribution in [2.75, 3.05) is 5.32 Å². The van der Waals surface area contributed by atoms with Crippen LogP contribution in [0.4, 0.5) is 5.69 Å². The number of hydrogen-bond donors (Lipinski definition) is 1. The third-order valence-electron chi connectivity index (χ3n) is 3.23. The molecule has 0 aliphatic carbocycles. The van der Waals surface area contributed by atoms with Crippen LogP contribution >= 0.6 is 22.6 Å². The highest BCUT2D eigenvalue weighted by Gasteiger charge is 2.10. The van der Waals surface area contributed by atoms with Crippen molar-refractivity contribution < 1.29 is 4.42 Å². The van der Waals surface area contributed by atoms with Gasteiger partial charge in [0.1, 0.15) is 11.3 Å². The van der Waals surface area contributed by atoms with Gasteiger partial charge in [-0.2, -0.15) is 0 Å². The number of fused-ring (bicyclic) bond motifs is 1. The molecule has 2 aromatic carbocycles. The maximum Gasteiger partial charge on any atom is 0.134 e. The molecule has 0 atom stereocenters. The standard InChI is InChI=1S/C16H14INO/c1-11-13(12-6-2-5-9-16(12)19-11)10-18-15-8-4-3-7-14(15)17/h2-9,18H,10H2,1H3. The van der Waals surface area contributed by atoms with E-state index in [1.807, 2.05) is 37.3 Å². The summed E-state index contributed by atoms with van der Waals surface area (Å²) in [6.07, 6.45) is 0. The van der Waals surface area contributed by atoms with Gasteiger partial charge in [-0.3, -0.25) is 0 Å². The second-order valence-electron chi connectivity index (χ2n) is 4.47. The molecule has 0 saturated heterocycles. The molecule has 0 fully saturated rings. The molecule has 1 aromatic heterocycles. The zero-order valence-corrected chi connectivity index (χ0v) is 12.8. The van der Waals surface area contributed by atoms with Crippen molar-refractivity contribution >= 4 is 39.2 Å². The summed E-state index contributed by atoms with van der Waals surface area (Å²) >= 11 is 2.34. The van der Waals surface area contributed by atoms with Crippen LogP contribution in [0.25, 0.3) is 11.0 Å². The molecular weight excluding hydrogens is 349 g/mol. The molecule has 3 rings (SSSR count). The first-order valence-corrected chi connectivity index (χ1v) is 7.29. The van der Waals surface area contributed by atoms with Gasteiger partial charge in [-0.05, 0) is 47.7 Å². The molecule has 3 aromatic rings. The van der Waals surface area contributed by atoms with Gasteiger partial charge < -0.3 is 9.73 Å². The van der Waals surface area contributed by atoms with E-state index in [1.54, 1.807) is 0 Å². The average Bonchev–Trinajstić information content (AvgIpc) is 2.74. The second kappa shape index (κ2) is 5.25. The van der Waals surface area contributed by atoms with Crippen molar-refractivity contribution in [2.24, 2.45) is 0 Å². The summed E-state index contributed by atoms with van der Waals surface area (Å²) in [6.45, 7) is 2.80. The SMILES string of the molecule is Cc1oc2ccccc2c1CNc1ccccc1I. The first kappa shape index (κ1) is 12.5. The second-order valence-corrected chi connectivity index (χ2v) is 5.63. The summed E-state index contributed by atoms with van der Waals surface area (Å²) in [7, 11) is 0. The normalized spacial score (nSPS) is 10.8. The van der Waals surface area contributed by atoms with Gasteiger partial charge >= 0.3 is 0 Å². The molecule has 0 radical (unpaired) electrons. The third-order valence-corrected chi connectivity index (χ3v) is 4.17. The van der Waals surface area contributed by atoms with E-state index in [4.69, 9.17) is 4.42 Å². The number of hydrogen-bond acceptors (Lipinski definition) is 2. The fourth-order valence-corrected chi connectivity index (χ4v) is 2.81. The van der Waals surface area contributed by atoms with Crippen LogP contribution in [0.3, 0.4) is 0 Å². The predicted molar refractivity (Wildman–Crippen MR) is 87.4 cm³/mol. The molecule has 96 valence electrons. The number of halogens is 1. The fraction of sp³-hybridized carbons (Fsp3) is 0.125. The Hall–Kier alpha value is -1.49. The molecule has 3 heteroatoms. The summed E-state index contributed by atoms with van der Waals surface area (Å²) in [6, 6.07) is 16.5. The molecule has 2 nitrogen and oxygen atoms in total. The summed E-state index contributed by atoms with van der Waals surface area (Å²) in [5.74, 6) is 0.986. The Labute approximate surface area is 126 Å². The van der Waals surface area contributed by atoms with E-state index in [2.05, 4.69) is 46.1 Å². The molecule has 0 aliphatic rings. The van der Waals surface area contributed by atoms with Crippen LogP contribution < -0.4 is 5.32 Å². The molecule has 0 saturated carbocycles. The van der Waals surface area contributed by atoms with E-state index in [-0.39, 0.29) is 0 Å². The predicted octanol–water partition coefficient (Wildman–Crippen LogP) is 4.96. The molecule has 0 aliphatic heterocycles. The van der Waals surface area contributed by atoms with Crippen LogP contribution in [0, 0.1) is 10.5 Å². The summed E-state index contributed by atoms with van der Waals surface area (Å²) in [5.41, 5.74) is 3.35. The van der Waals surface area contributed by atoms with E-state index in [0.717, 1.165) is 23.6 Å². The molecule has 1 N–H and O–H groups in total. The van der Waals surface area contributed by atoms with Gasteiger partial charge in [-0.1, -0.05) is 30.3 Å². The molecule has 0 unspecified atom stereocenters. The van der Waals surface area contributed by atoms with Crippen LogP contribution in [-0.2, 0) is 6.54 Å². The molecule has 19 heavy (non-hydrogen) atoms. The number of benzene rings is 2. The minimum Gasteiger partial charge on any atom is -0.461 e. The van der Waals surface area contributed by atoms with E-state index in [1.165, 1.54) is 14.5 Å². The van der Waals surface area contributed by atoms with Gasteiger partial charge in [0, 0.05) is 26.8 Å². The Bertz CT molecular complexity index is 718. The zero-order valence-electron chi connectivity index (χ0n) is 10.6. The molecule has 0 bridgehead atoms. The highest BCUT2D eigenvalue weighted by Crippen LogP contribution is 2.26. The summed E-state index contributed by atoms with van der Waals surface area (Å²) in [5, 5.41) is 4.67. The number of aryl methyl sites for hydroxylation is 1. The maximum atomic E-state index is 5.78. The Morgan fingerprint density at radius 3 is 2.63 bits per heavy atom. The van der Waals surface area contributed by atoms with Gasteiger partial charge in [-0.25, -0.2) is 0 Å². The minimum atomic E-state index is 0.781. The van der Waals surface area contributed by atoms with Crippen LogP contribution in [-0.4, -0.2) is 0 Å². The van der Waals surface area contributed by atoms with Gasteiger partial charge in [0.15, 0.2) is 0 Å². The Kier molecular flexibility index (Phi) is 3.46. The number of furan rings is 1. The first-order valence-electron chi connectivity index (χ1n) is 6.21. The number of anilines is 1. The topological polar surface area (TPSA) is 25.2 Å². The molecule has 0 spiro atoms. The molecule has 0 amide bonds. The lowest BCUT2D eigenvalue weighted by atomic mass is 10.1. The highest BCUT2D eigenvalue weighted by molar-refractivity contribution is 14.1. The van der Waals surface area contributed by atoms with Crippen molar-refractivity contribution in [1.29, 1.82) is 0 Å². The van der Waals surface area contributed by atoms with Crippen LogP contribution in [0.15, 0.2) is 52.9 Å². The average molecular weight is 363 g/mol. The zero-order chi connectivity index (χ0) is 13.2. The molecular formula is C16H14INO. The third kappa shape index (κ3) is 2.47. The quantitative estimate of drug-likeness (QED) is 0.666. The van der Waals surface area contributed by atoms with Gasteiger partial charge in [0.2, 0.25) is 0 Å². The number of rotatable bonds is 3. The molecule has 1 heterocycles. The maximum absolute atomic E-state index is 5.78. The fourth-order valence-electron chi connectivity index (χ4n) is 2.23. The Morgan fingerprint density at radius 2 is 1.79 bits per heavy atom. The highest BCUT2D eigenvalue weighted by atomic mass is 127. The smallest absolute Gasteiger partial charge is 0.134 e. The lowest BCUT2D eigenvalue weighted by Crippen LogP contribution is -2.01. The van der Waals surface area contributed by atoms with E-state index in [9.17, 15) is 0 Å². The van der Waals surface area contributed by atoms with Crippen LogP contribution in [0.2, 0.25) is 0 Å². The van der Waals surface area contributed by atoms with Crippen molar-refractivity contribution in [1.82, 2.24) is 0 Å². The van der Waals surface area contributed by atoms with Crippen molar-refractivity contribution in [3.8, 4) is 0 Å². The summed E-state index contributed by atoms with van der Waals surface area (Å²) in [4.78, 5) is 0. The van der Waals surface area contributed by atoms with Crippen molar-refractivity contribution in [3.63, 3.8) is 0 Å². The largest absolute Gasteiger partial charge is 0.461 e. The Morgan fingerprint density at radius 1 is 1.05 bits per heavy atom. The van der Waals surface area contributed by atoms with E-state index in [0.29, 0.717) is 0 Å². The van der Waals surface area contributed by atoms with E-state index >= 15 is 0 Å². The first-order chi connectivity index (χ1) is 9.25. The van der Waals surface area contributed by atoms with Gasteiger partial charge in [0.25, 0.3) is 0 Å². The lowest BCUT2D eigenvalue weighted by molar-refractivity contribution is 0.573. The Balaban J connectivity index is 1.90. The van der Waals surface area contributed by atoms with Crippen molar-refractivity contribution in [3.05, 3.63) is 63.4 Å². The lowest BCUT2D eigenvalue weighted by Gasteiger charge is -2.08. The summed E-state index contributed by atoms with van der Waals surface area (Å²) < 4.78 is 7.00. The monoisotopic (exact) mass is 363 g/mol. The van der Waals surface area contributed by atoms with Crippen LogP contribution in [0.5, 0.6) is 0 Å². The van der Waals surface area contributed by atoms with Gasteiger partial charge in [0.05, 0.1) is 0 Å². The number of nitrogens with one attached hydrogen (secondary N) is 1. The van der Waals surface area contributed by atoms with E-state index < -0.39 is 0 Å². The number of para-hydroxylation sites is 2. The van der Waals surface area contributed by atoms with Gasteiger partial charge in [-0.15, -0.1) is 0 Å².